The third-order valence-corrected chi connectivity index (χ3v) is 10.8. The lowest BCUT2D eigenvalue weighted by atomic mass is 9.82. The summed E-state index contributed by atoms with van der Waals surface area (Å²) in [5.41, 5.74) is 9.21. The number of fused-ring (bicyclic) bond motifs is 10. The Bertz CT molecular complexity index is 3130. The molecule has 0 N–H and O–H groups in total. The molecule has 236 valence electrons. The molecule has 11 aromatic rings. The Kier molecular flexibility index (Phi) is 6.02. The molecule has 0 amide bonds. The van der Waals surface area contributed by atoms with Crippen molar-refractivity contribution in [1.82, 2.24) is 0 Å². The number of hydrogen-bond donors (Lipinski definition) is 0. The molecule has 0 spiro atoms. The summed E-state index contributed by atoms with van der Waals surface area (Å²) in [6.45, 7) is 0. The van der Waals surface area contributed by atoms with Crippen LogP contribution < -0.4 is 0 Å². The van der Waals surface area contributed by atoms with Crippen LogP contribution in [0, 0.1) is 0 Å². The van der Waals surface area contributed by atoms with Crippen LogP contribution in [0.3, 0.4) is 0 Å². The first-order valence-corrected chi connectivity index (χ1v) is 17.6. The number of rotatable bonds is 3. The van der Waals surface area contributed by atoms with Crippen LogP contribution >= 0.6 is 0 Å². The highest BCUT2D eigenvalue weighted by atomic mass is 16.3. The van der Waals surface area contributed by atoms with Gasteiger partial charge >= 0.3 is 0 Å². The molecular formula is C50H30O. The fourth-order valence-electron chi connectivity index (χ4n) is 8.59. The molecule has 0 atom stereocenters. The summed E-state index contributed by atoms with van der Waals surface area (Å²) < 4.78 is 6.69. The van der Waals surface area contributed by atoms with Crippen LogP contribution in [-0.2, 0) is 0 Å². The van der Waals surface area contributed by atoms with E-state index in [-0.39, 0.29) is 0 Å². The maximum atomic E-state index is 6.69. The molecule has 0 aliphatic carbocycles. The zero-order chi connectivity index (χ0) is 33.5. The van der Waals surface area contributed by atoms with Crippen molar-refractivity contribution in [2.45, 2.75) is 0 Å². The molecule has 1 nitrogen and oxygen atoms in total. The van der Waals surface area contributed by atoms with Crippen molar-refractivity contribution in [1.29, 1.82) is 0 Å². The molecular weight excluding hydrogens is 617 g/mol. The van der Waals surface area contributed by atoms with Crippen molar-refractivity contribution in [2.75, 3.05) is 0 Å². The van der Waals surface area contributed by atoms with Crippen LogP contribution in [-0.4, -0.2) is 0 Å². The van der Waals surface area contributed by atoms with Gasteiger partial charge in [0, 0.05) is 16.2 Å². The van der Waals surface area contributed by atoms with Crippen molar-refractivity contribution >= 4 is 75.8 Å². The summed E-state index contributed by atoms with van der Waals surface area (Å²) in [4.78, 5) is 0. The second-order valence-corrected chi connectivity index (χ2v) is 13.6. The van der Waals surface area contributed by atoms with Gasteiger partial charge in [-0.15, -0.1) is 0 Å². The molecule has 0 aliphatic rings. The summed E-state index contributed by atoms with van der Waals surface area (Å²) in [5, 5.41) is 14.6. The second-order valence-electron chi connectivity index (χ2n) is 13.6. The van der Waals surface area contributed by atoms with Crippen molar-refractivity contribution in [3.05, 3.63) is 182 Å². The fraction of sp³-hybridized carbons (Fsp3) is 0. The molecule has 51 heavy (non-hydrogen) atoms. The Labute approximate surface area is 294 Å². The van der Waals surface area contributed by atoms with E-state index < -0.39 is 0 Å². The third kappa shape index (κ3) is 4.16. The van der Waals surface area contributed by atoms with E-state index in [0.717, 1.165) is 27.3 Å². The van der Waals surface area contributed by atoms with Crippen LogP contribution in [0.15, 0.2) is 186 Å². The predicted octanol–water partition coefficient (Wildman–Crippen LogP) is 14.4. The Hall–Kier alpha value is -6.70. The largest absolute Gasteiger partial charge is 0.455 e. The van der Waals surface area contributed by atoms with Crippen molar-refractivity contribution in [3.8, 4) is 33.4 Å². The number of hydrogen-bond acceptors (Lipinski definition) is 1. The minimum Gasteiger partial charge on any atom is -0.455 e. The molecule has 0 aliphatic heterocycles. The first kappa shape index (κ1) is 28.2. The highest BCUT2D eigenvalue weighted by molar-refractivity contribution is 6.28. The van der Waals surface area contributed by atoms with Gasteiger partial charge in [0.25, 0.3) is 0 Å². The Morgan fingerprint density at radius 3 is 1.55 bits per heavy atom. The lowest BCUT2D eigenvalue weighted by molar-refractivity contribution is 0.673. The molecule has 0 saturated heterocycles. The quantitative estimate of drug-likeness (QED) is 0.138. The summed E-state index contributed by atoms with van der Waals surface area (Å²) >= 11 is 0. The van der Waals surface area contributed by atoms with Gasteiger partial charge in [0.2, 0.25) is 0 Å². The highest BCUT2D eigenvalue weighted by Gasteiger charge is 2.22. The predicted molar refractivity (Wildman–Crippen MR) is 218 cm³/mol. The van der Waals surface area contributed by atoms with Gasteiger partial charge in [0.15, 0.2) is 0 Å². The van der Waals surface area contributed by atoms with E-state index in [9.17, 15) is 0 Å². The van der Waals surface area contributed by atoms with Gasteiger partial charge in [-0.25, -0.2) is 0 Å². The zero-order valence-electron chi connectivity index (χ0n) is 27.7. The van der Waals surface area contributed by atoms with E-state index in [2.05, 4.69) is 182 Å². The van der Waals surface area contributed by atoms with E-state index in [1.807, 2.05) is 0 Å². The van der Waals surface area contributed by atoms with Gasteiger partial charge < -0.3 is 4.42 Å². The Morgan fingerprint density at radius 2 is 0.843 bits per heavy atom. The summed E-state index contributed by atoms with van der Waals surface area (Å²) in [7, 11) is 0. The highest BCUT2D eigenvalue weighted by Crippen LogP contribution is 2.49. The minimum absolute atomic E-state index is 0.906. The maximum absolute atomic E-state index is 6.69. The Morgan fingerprint density at radius 1 is 0.294 bits per heavy atom. The normalized spacial score (nSPS) is 11.9. The topological polar surface area (TPSA) is 13.1 Å². The summed E-state index contributed by atoms with van der Waals surface area (Å²) in [5.74, 6) is 0. The first-order chi connectivity index (χ1) is 25.3. The molecule has 11 rings (SSSR count). The molecule has 0 fully saturated rings. The van der Waals surface area contributed by atoms with Gasteiger partial charge in [0.1, 0.15) is 11.2 Å². The molecule has 1 heterocycles. The van der Waals surface area contributed by atoms with Gasteiger partial charge in [-0.3, -0.25) is 0 Å². The summed E-state index contributed by atoms with van der Waals surface area (Å²) in [6, 6.07) is 66.4. The van der Waals surface area contributed by atoms with Gasteiger partial charge in [0.05, 0.1) is 0 Å². The third-order valence-electron chi connectivity index (χ3n) is 10.8. The molecule has 10 aromatic carbocycles. The average Bonchev–Trinajstić information content (AvgIpc) is 3.60. The van der Waals surface area contributed by atoms with Crippen molar-refractivity contribution in [2.24, 2.45) is 0 Å². The maximum Gasteiger partial charge on any atom is 0.143 e. The zero-order valence-corrected chi connectivity index (χ0v) is 27.7. The fourth-order valence-corrected chi connectivity index (χ4v) is 8.59. The van der Waals surface area contributed by atoms with Gasteiger partial charge in [-0.05, 0) is 106 Å². The average molecular weight is 647 g/mol. The molecule has 0 radical (unpaired) electrons. The molecule has 0 bridgehead atoms. The standard InChI is InChI=1S/C50H30O/c1-2-13-31(14-3-1)43-29-34-26-25-32-15-4-6-17-35(32)44(34)30-45(43)48-39-21-10-8-19-37(39)47(38-20-9-11-22-40(38)48)41-23-12-24-46-49(41)42-28-27-33-16-5-7-18-36(33)50(42)51-46/h1-30H. The van der Waals surface area contributed by atoms with Crippen molar-refractivity contribution < 1.29 is 4.42 Å². The van der Waals surface area contributed by atoms with Crippen LogP contribution in [0.25, 0.3) is 109 Å². The lowest BCUT2D eigenvalue weighted by Crippen LogP contribution is -1.94. The molecule has 0 saturated carbocycles. The van der Waals surface area contributed by atoms with Crippen LogP contribution in [0.5, 0.6) is 0 Å². The Balaban J connectivity index is 1.30. The number of furan rings is 1. The van der Waals surface area contributed by atoms with Crippen LogP contribution in [0.2, 0.25) is 0 Å². The van der Waals surface area contributed by atoms with E-state index in [1.54, 1.807) is 0 Å². The van der Waals surface area contributed by atoms with E-state index in [0.29, 0.717) is 0 Å². The number of benzene rings is 10. The molecule has 1 aromatic heterocycles. The van der Waals surface area contributed by atoms with Crippen LogP contribution in [0.1, 0.15) is 0 Å². The first-order valence-electron chi connectivity index (χ1n) is 17.6. The van der Waals surface area contributed by atoms with Crippen molar-refractivity contribution in [3.63, 3.8) is 0 Å². The minimum atomic E-state index is 0.906. The van der Waals surface area contributed by atoms with E-state index in [4.69, 9.17) is 4.42 Å². The molecule has 0 unspecified atom stereocenters. The summed E-state index contributed by atoms with van der Waals surface area (Å²) in [6.07, 6.45) is 0. The lowest BCUT2D eigenvalue weighted by Gasteiger charge is -2.21. The van der Waals surface area contributed by atoms with Gasteiger partial charge in [-0.2, -0.15) is 0 Å². The SMILES string of the molecule is c1ccc(-c2cc3ccc4ccccc4c3cc2-c2c3ccccc3c(-c3cccc4oc5c6ccccc6ccc5c34)c3ccccc23)cc1. The van der Waals surface area contributed by atoms with E-state index >= 15 is 0 Å². The molecule has 1 heteroatoms. The smallest absolute Gasteiger partial charge is 0.143 e. The second kappa shape index (κ2) is 10.9. The van der Waals surface area contributed by atoms with Crippen LogP contribution in [0.4, 0.5) is 0 Å². The monoisotopic (exact) mass is 646 g/mol. The van der Waals surface area contributed by atoms with E-state index in [1.165, 1.54) is 81.9 Å². The van der Waals surface area contributed by atoms with Gasteiger partial charge in [-0.1, -0.05) is 158 Å².